The highest BCUT2D eigenvalue weighted by atomic mass is 16.8. The first-order chi connectivity index (χ1) is 27.9. The highest BCUT2D eigenvalue weighted by Crippen LogP contribution is 2.37. The van der Waals surface area contributed by atoms with Crippen molar-refractivity contribution in [1.82, 2.24) is 5.32 Å². The van der Waals surface area contributed by atoms with Crippen molar-refractivity contribution in [3.8, 4) is 0 Å². The number of carbonyl (C=O) groups is 1. The molecule has 0 unspecified atom stereocenters. The van der Waals surface area contributed by atoms with Gasteiger partial charge in [0, 0.05) is 6.92 Å². The maximum absolute atomic E-state index is 12.2. The number of hydrogen-bond acceptors (Lipinski definition) is 26. The summed E-state index contributed by atoms with van der Waals surface area (Å²) in [5.41, 5.74) is 0. The van der Waals surface area contributed by atoms with Gasteiger partial charge in [-0.2, -0.15) is 0 Å². The molecule has 0 aromatic rings. The van der Waals surface area contributed by atoms with Gasteiger partial charge in [0.05, 0.1) is 33.0 Å². The normalized spacial score (nSPS) is 51.0. The van der Waals surface area contributed by atoms with Crippen LogP contribution in [-0.2, 0) is 47.4 Å². The van der Waals surface area contributed by atoms with Gasteiger partial charge in [0.2, 0.25) is 5.91 Å². The second kappa shape index (κ2) is 20.8. The molecule has 59 heavy (non-hydrogen) atoms. The van der Waals surface area contributed by atoms with Crippen LogP contribution in [0.25, 0.3) is 0 Å². The SMILES string of the molecule is CC(=O)N[C@H]1[C@@H](O[C@@H]2[C@@H](O[C@@H]3[C@@H](O[C@H]4[C@@H](O)[C@H](O)[C@@H](CO)O[C@@H]4O)O[C@H](CO)[C@@H](O)[C@@H]3O)O[C@H](CO)[C@@H](O)[C@@H]2O[C@H]2O[C@H](CO)[C@@H](O)[C@H](O)[C@@H]2O)O[C@H](CO)[C@@H](O)[C@@H]1O. The monoisotopic (exact) mass is 869 g/mol. The molecule has 5 fully saturated rings. The van der Waals surface area contributed by atoms with Crippen molar-refractivity contribution in [1.29, 1.82) is 0 Å². The summed E-state index contributed by atoms with van der Waals surface area (Å²) in [6.07, 6.45) is -46.4. The summed E-state index contributed by atoms with van der Waals surface area (Å²) in [6.45, 7) is -3.69. The summed E-state index contributed by atoms with van der Waals surface area (Å²) in [5, 5.41) is 170. The average molecular weight is 870 g/mol. The van der Waals surface area contributed by atoms with Crippen molar-refractivity contribution in [3.05, 3.63) is 0 Å². The first-order valence-electron chi connectivity index (χ1n) is 18.6. The largest absolute Gasteiger partial charge is 0.394 e. The number of ether oxygens (including phenoxy) is 9. The van der Waals surface area contributed by atoms with Crippen molar-refractivity contribution in [2.24, 2.45) is 0 Å². The molecule has 5 heterocycles. The summed E-state index contributed by atoms with van der Waals surface area (Å²) in [6, 6.07) is -1.69. The predicted octanol–water partition coefficient (Wildman–Crippen LogP) is -11.8. The van der Waals surface area contributed by atoms with E-state index in [1.54, 1.807) is 0 Å². The predicted molar refractivity (Wildman–Crippen MR) is 178 cm³/mol. The Balaban J connectivity index is 1.55. The molecule has 0 spiro atoms. The second-order valence-electron chi connectivity index (χ2n) is 14.7. The van der Waals surface area contributed by atoms with Gasteiger partial charge in [0.1, 0.15) is 122 Å². The van der Waals surface area contributed by atoms with Gasteiger partial charge in [-0.05, 0) is 0 Å². The summed E-state index contributed by atoms with van der Waals surface area (Å²) in [7, 11) is 0. The smallest absolute Gasteiger partial charge is 0.217 e. The van der Waals surface area contributed by atoms with E-state index >= 15 is 0 Å². The van der Waals surface area contributed by atoms with Crippen LogP contribution in [0.3, 0.4) is 0 Å². The van der Waals surface area contributed by atoms with E-state index in [0.717, 1.165) is 6.92 Å². The maximum atomic E-state index is 12.2. The highest BCUT2D eigenvalue weighted by molar-refractivity contribution is 5.73. The molecule has 0 radical (unpaired) electrons. The Kier molecular flexibility index (Phi) is 17.1. The van der Waals surface area contributed by atoms with Gasteiger partial charge >= 0.3 is 0 Å². The molecule has 0 aromatic carbocycles. The Bertz CT molecular complexity index is 1320. The van der Waals surface area contributed by atoms with E-state index < -0.39 is 192 Å². The molecular weight excluding hydrogens is 814 g/mol. The molecule has 1 amide bonds. The quantitative estimate of drug-likeness (QED) is 0.0770. The molecule has 5 saturated heterocycles. The van der Waals surface area contributed by atoms with Crippen LogP contribution >= 0.6 is 0 Å². The summed E-state index contributed by atoms with van der Waals surface area (Å²) in [4.78, 5) is 12.2. The van der Waals surface area contributed by atoms with E-state index in [1.165, 1.54) is 0 Å². The molecule has 27 nitrogen and oxygen atoms in total. The van der Waals surface area contributed by atoms with Crippen LogP contribution < -0.4 is 5.32 Å². The number of amides is 1. The van der Waals surface area contributed by atoms with Gasteiger partial charge in [0.15, 0.2) is 31.5 Å². The Hall–Kier alpha value is -1.53. The van der Waals surface area contributed by atoms with E-state index in [9.17, 15) is 86.5 Å². The third kappa shape index (κ3) is 10.2. The number of rotatable bonds is 14. The van der Waals surface area contributed by atoms with Crippen LogP contribution in [0.15, 0.2) is 0 Å². The molecule has 27 heteroatoms. The van der Waals surface area contributed by atoms with Crippen LogP contribution in [0.5, 0.6) is 0 Å². The fourth-order valence-electron chi connectivity index (χ4n) is 7.37. The van der Waals surface area contributed by atoms with E-state index in [2.05, 4.69) is 5.32 Å². The first-order valence-corrected chi connectivity index (χ1v) is 18.6. The van der Waals surface area contributed by atoms with Crippen molar-refractivity contribution in [2.45, 2.75) is 160 Å². The zero-order valence-electron chi connectivity index (χ0n) is 31.2. The molecule has 17 N–H and O–H groups in total. The summed E-state index contributed by atoms with van der Waals surface area (Å²) >= 11 is 0. The molecule has 0 aliphatic carbocycles. The first kappa shape index (κ1) is 48.5. The molecule has 344 valence electrons. The van der Waals surface area contributed by atoms with E-state index in [0.29, 0.717) is 0 Å². The van der Waals surface area contributed by atoms with Crippen molar-refractivity contribution in [2.75, 3.05) is 33.0 Å². The molecule has 0 saturated carbocycles. The minimum absolute atomic E-state index is 0.801. The Morgan fingerprint density at radius 1 is 0.407 bits per heavy atom. The standard InChI is InChI=1S/C32H55NO26/c1-7(39)33-13-19(45)14(40)9(3-35)52-29(13)59-27-24(56-30-23(49)20(46)15(41)10(4-36)53-30)18(44)12(6-38)55-32(27)58-26-22(48)17(43)11(5-37)54-31(26)57-25-21(47)16(42)8(2-34)51-28(25)50/h8-32,34-38,40-50H,2-6H2,1H3,(H,33,39)/t8-,9-,10-,11-,12-,13-,14-,15-,16-,17-,18-,19-,20+,21+,22+,23+,24+,25+,26+,27+,28+,29-,30-,31-,32-/m1/s1. The minimum atomic E-state index is -2.17. The van der Waals surface area contributed by atoms with Gasteiger partial charge in [-0.25, -0.2) is 0 Å². The Morgan fingerprint density at radius 3 is 1.31 bits per heavy atom. The van der Waals surface area contributed by atoms with Gasteiger partial charge in [-0.1, -0.05) is 0 Å². The zero-order chi connectivity index (χ0) is 43.6. The van der Waals surface area contributed by atoms with Crippen LogP contribution in [0, 0.1) is 0 Å². The van der Waals surface area contributed by atoms with E-state index in [4.69, 9.17) is 42.6 Å². The van der Waals surface area contributed by atoms with Gasteiger partial charge in [0.25, 0.3) is 0 Å². The van der Waals surface area contributed by atoms with Gasteiger partial charge in [-0.3, -0.25) is 4.79 Å². The second-order valence-corrected chi connectivity index (χ2v) is 14.7. The number of aliphatic hydroxyl groups is 16. The van der Waals surface area contributed by atoms with Crippen molar-refractivity contribution >= 4 is 5.91 Å². The number of carbonyl (C=O) groups excluding carboxylic acids is 1. The average Bonchev–Trinajstić information content (AvgIpc) is 3.21. The lowest BCUT2D eigenvalue weighted by Gasteiger charge is -2.51. The van der Waals surface area contributed by atoms with Crippen LogP contribution in [0.2, 0.25) is 0 Å². The molecule has 0 bridgehead atoms. The lowest BCUT2D eigenvalue weighted by molar-refractivity contribution is -0.412. The molecule has 25 atom stereocenters. The van der Waals surface area contributed by atoms with Crippen molar-refractivity contribution < 1.29 is 129 Å². The molecule has 0 aromatic heterocycles. The maximum Gasteiger partial charge on any atom is 0.217 e. The third-order valence-electron chi connectivity index (χ3n) is 10.7. The third-order valence-corrected chi connectivity index (χ3v) is 10.7. The minimum Gasteiger partial charge on any atom is -0.394 e. The molecule has 5 rings (SSSR count). The Morgan fingerprint density at radius 2 is 0.780 bits per heavy atom. The molecule has 5 aliphatic rings. The van der Waals surface area contributed by atoms with Crippen molar-refractivity contribution in [3.63, 3.8) is 0 Å². The number of nitrogens with one attached hydrogen (secondary N) is 1. The van der Waals surface area contributed by atoms with E-state index in [-0.39, 0.29) is 0 Å². The summed E-state index contributed by atoms with van der Waals surface area (Å²) < 4.78 is 51.4. The Labute approximate surface area is 333 Å². The zero-order valence-corrected chi connectivity index (χ0v) is 31.2. The lowest BCUT2D eigenvalue weighted by Crippen LogP contribution is -2.70. The van der Waals surface area contributed by atoms with Gasteiger partial charge in [-0.15, -0.1) is 0 Å². The fourth-order valence-corrected chi connectivity index (χ4v) is 7.37. The number of hydrogen-bond donors (Lipinski definition) is 17. The summed E-state index contributed by atoms with van der Waals surface area (Å²) in [5.74, 6) is -0.801. The van der Waals surface area contributed by atoms with Crippen LogP contribution in [0.1, 0.15) is 6.92 Å². The molecule has 5 aliphatic heterocycles. The highest BCUT2D eigenvalue weighted by Gasteiger charge is 2.58. The van der Waals surface area contributed by atoms with Crippen LogP contribution in [-0.4, -0.2) is 274 Å². The van der Waals surface area contributed by atoms with E-state index in [1.807, 2.05) is 0 Å². The van der Waals surface area contributed by atoms with Crippen LogP contribution in [0.4, 0.5) is 0 Å². The topological polar surface area (TPSA) is 436 Å². The molecular formula is C32H55NO26. The lowest BCUT2D eigenvalue weighted by atomic mass is 9.94. The number of aliphatic hydroxyl groups excluding tert-OH is 16. The fraction of sp³-hybridized carbons (Fsp3) is 0.969. The van der Waals surface area contributed by atoms with Gasteiger partial charge < -0.3 is 130 Å².